The quantitative estimate of drug-likeness (QED) is 0.334. The van der Waals surface area contributed by atoms with Gasteiger partial charge in [0.05, 0.1) is 11.8 Å². The van der Waals surface area contributed by atoms with Gasteiger partial charge in [-0.15, -0.1) is 0 Å². The molecule has 5 aromatic rings. The van der Waals surface area contributed by atoms with Gasteiger partial charge < -0.3 is 14.4 Å². The lowest BCUT2D eigenvalue weighted by atomic mass is 10.1. The summed E-state index contributed by atoms with van der Waals surface area (Å²) in [7, 11) is 0. The highest BCUT2D eigenvalue weighted by Crippen LogP contribution is 2.25. The first-order chi connectivity index (χ1) is 17.4. The van der Waals surface area contributed by atoms with E-state index in [1.807, 2.05) is 31.2 Å². The molecule has 182 valence electrons. The highest BCUT2D eigenvalue weighted by Gasteiger charge is 2.19. The average Bonchev–Trinajstić information content (AvgIpc) is 3.44. The first-order valence-corrected chi connectivity index (χ1v) is 11.6. The number of carbonyl (C=O) groups is 2. The molecule has 2 aromatic carbocycles. The Morgan fingerprint density at radius 2 is 1.86 bits per heavy atom. The summed E-state index contributed by atoms with van der Waals surface area (Å²) < 4.78 is 8.37. The van der Waals surface area contributed by atoms with Gasteiger partial charge in [-0.2, -0.15) is 4.98 Å². The molecule has 36 heavy (non-hydrogen) atoms. The molecule has 10 nitrogen and oxygen atoms in total. The van der Waals surface area contributed by atoms with Crippen LogP contribution in [0.15, 0.2) is 64.2 Å². The standard InChI is InChI=1S/C26H24N6O4/c1-3-6-21-29-23(36-30-21)14-31-15-27-24-19-7-4-5-8-20(19)32(25(24)26(31)35)13-22(34)28-18-11-9-17(10-12-18)16(2)33/h4-5,7-12,15H,3,6,13-14H2,1-2H3,(H,28,34). The van der Waals surface area contributed by atoms with E-state index in [1.54, 1.807) is 28.8 Å². The van der Waals surface area contributed by atoms with Crippen molar-refractivity contribution in [1.82, 2.24) is 24.3 Å². The number of amides is 1. The fourth-order valence-electron chi connectivity index (χ4n) is 4.18. The molecule has 0 saturated carbocycles. The predicted octanol–water partition coefficient (Wildman–Crippen LogP) is 3.58. The molecule has 0 aliphatic heterocycles. The number of hydrogen-bond donors (Lipinski definition) is 1. The number of fused-ring (bicyclic) bond motifs is 3. The molecule has 1 amide bonds. The zero-order valence-electron chi connectivity index (χ0n) is 19.9. The van der Waals surface area contributed by atoms with Crippen LogP contribution in [0.2, 0.25) is 0 Å². The van der Waals surface area contributed by atoms with Crippen LogP contribution in [0.4, 0.5) is 5.69 Å². The van der Waals surface area contributed by atoms with Gasteiger partial charge in [-0.25, -0.2) is 4.98 Å². The lowest BCUT2D eigenvalue weighted by Crippen LogP contribution is -2.25. The van der Waals surface area contributed by atoms with E-state index in [9.17, 15) is 14.4 Å². The summed E-state index contributed by atoms with van der Waals surface area (Å²) in [5.74, 6) is 0.543. The van der Waals surface area contributed by atoms with E-state index in [0.29, 0.717) is 40.4 Å². The molecule has 0 spiro atoms. The third kappa shape index (κ3) is 4.40. The lowest BCUT2D eigenvalue weighted by Gasteiger charge is -2.09. The number of anilines is 1. The number of hydrogen-bond acceptors (Lipinski definition) is 7. The van der Waals surface area contributed by atoms with Crippen molar-refractivity contribution in [3.8, 4) is 0 Å². The summed E-state index contributed by atoms with van der Waals surface area (Å²) in [6, 6.07) is 14.1. The van der Waals surface area contributed by atoms with Crippen LogP contribution in [0.25, 0.3) is 21.9 Å². The fraction of sp³-hybridized carbons (Fsp3) is 0.231. The molecular weight excluding hydrogens is 460 g/mol. The fourth-order valence-corrected chi connectivity index (χ4v) is 4.18. The van der Waals surface area contributed by atoms with Gasteiger partial charge >= 0.3 is 0 Å². The molecule has 1 N–H and O–H groups in total. The van der Waals surface area contributed by atoms with Gasteiger partial charge in [0, 0.05) is 23.1 Å². The Bertz CT molecular complexity index is 1650. The van der Waals surface area contributed by atoms with Gasteiger partial charge in [-0.05, 0) is 43.7 Å². The van der Waals surface area contributed by atoms with Gasteiger partial charge in [0.1, 0.15) is 24.1 Å². The Balaban J connectivity index is 1.50. The van der Waals surface area contributed by atoms with Gasteiger partial charge in [0.25, 0.3) is 5.56 Å². The maximum Gasteiger partial charge on any atom is 0.278 e. The Hall–Kier alpha value is -4.60. The zero-order valence-corrected chi connectivity index (χ0v) is 19.9. The molecule has 0 fully saturated rings. The summed E-state index contributed by atoms with van der Waals surface area (Å²) in [6.07, 6.45) is 3.04. The van der Waals surface area contributed by atoms with Crippen molar-refractivity contribution in [1.29, 1.82) is 0 Å². The Labute approximate surface area is 205 Å². The minimum absolute atomic E-state index is 0.0518. The molecule has 10 heteroatoms. The van der Waals surface area contributed by atoms with Crippen molar-refractivity contribution < 1.29 is 14.1 Å². The Morgan fingerprint density at radius 1 is 1.08 bits per heavy atom. The van der Waals surface area contributed by atoms with E-state index in [4.69, 9.17) is 4.52 Å². The number of para-hydroxylation sites is 1. The minimum atomic E-state index is -0.316. The van der Waals surface area contributed by atoms with Crippen molar-refractivity contribution in [2.45, 2.75) is 39.8 Å². The van der Waals surface area contributed by atoms with Crippen LogP contribution in [-0.4, -0.2) is 35.9 Å². The predicted molar refractivity (Wildman–Crippen MR) is 134 cm³/mol. The molecule has 3 heterocycles. The molecule has 0 saturated heterocycles. The molecule has 0 atom stereocenters. The molecule has 0 unspecified atom stereocenters. The molecule has 0 aliphatic rings. The van der Waals surface area contributed by atoms with Crippen LogP contribution < -0.4 is 10.9 Å². The number of nitrogens with zero attached hydrogens (tertiary/aromatic N) is 5. The van der Waals surface area contributed by atoms with E-state index in [2.05, 4.69) is 20.4 Å². The number of ketones is 1. The summed E-state index contributed by atoms with van der Waals surface area (Å²) in [6.45, 7) is 3.49. The summed E-state index contributed by atoms with van der Waals surface area (Å²) in [5.41, 5.74) is 2.35. The van der Waals surface area contributed by atoms with E-state index in [1.165, 1.54) is 17.8 Å². The Kier molecular flexibility index (Phi) is 6.16. The number of benzene rings is 2. The van der Waals surface area contributed by atoms with Crippen LogP contribution >= 0.6 is 0 Å². The van der Waals surface area contributed by atoms with Crippen LogP contribution in [0.5, 0.6) is 0 Å². The van der Waals surface area contributed by atoms with Crippen molar-refractivity contribution in [3.63, 3.8) is 0 Å². The Morgan fingerprint density at radius 3 is 2.61 bits per heavy atom. The topological polar surface area (TPSA) is 125 Å². The third-order valence-electron chi connectivity index (χ3n) is 5.90. The molecule has 5 rings (SSSR count). The summed E-state index contributed by atoms with van der Waals surface area (Å²) in [5, 5.41) is 7.55. The van der Waals surface area contributed by atoms with Crippen molar-refractivity contribution in [3.05, 3.63) is 82.5 Å². The van der Waals surface area contributed by atoms with Crippen molar-refractivity contribution in [2.75, 3.05) is 5.32 Å². The number of aromatic nitrogens is 5. The first kappa shape index (κ1) is 23.2. The number of nitrogens with one attached hydrogen (secondary N) is 1. The van der Waals surface area contributed by atoms with Crippen LogP contribution in [0.3, 0.4) is 0 Å². The van der Waals surface area contributed by atoms with Gasteiger partial charge in [0.2, 0.25) is 11.8 Å². The smallest absolute Gasteiger partial charge is 0.278 e. The summed E-state index contributed by atoms with van der Waals surface area (Å²) >= 11 is 0. The second kappa shape index (κ2) is 9.57. The monoisotopic (exact) mass is 484 g/mol. The van der Waals surface area contributed by atoms with Gasteiger partial charge in [-0.1, -0.05) is 30.3 Å². The van der Waals surface area contributed by atoms with Crippen LogP contribution in [0, 0.1) is 0 Å². The molecule has 0 aliphatic carbocycles. The molecule has 0 radical (unpaired) electrons. The first-order valence-electron chi connectivity index (χ1n) is 11.6. The largest absolute Gasteiger partial charge is 0.337 e. The highest BCUT2D eigenvalue weighted by molar-refractivity contribution is 6.06. The number of aryl methyl sites for hydroxylation is 1. The maximum absolute atomic E-state index is 13.5. The normalized spacial score (nSPS) is 11.3. The van der Waals surface area contributed by atoms with Gasteiger partial charge in [0.15, 0.2) is 11.6 Å². The van der Waals surface area contributed by atoms with Crippen molar-refractivity contribution >= 4 is 39.3 Å². The minimum Gasteiger partial charge on any atom is -0.337 e. The number of rotatable bonds is 8. The third-order valence-corrected chi connectivity index (χ3v) is 5.90. The van der Waals surface area contributed by atoms with E-state index < -0.39 is 0 Å². The van der Waals surface area contributed by atoms with Crippen LogP contribution in [0.1, 0.15) is 42.3 Å². The number of carbonyl (C=O) groups excluding carboxylic acids is 2. The highest BCUT2D eigenvalue weighted by atomic mass is 16.5. The lowest BCUT2D eigenvalue weighted by molar-refractivity contribution is -0.116. The summed E-state index contributed by atoms with van der Waals surface area (Å²) in [4.78, 5) is 46.9. The second-order valence-corrected chi connectivity index (χ2v) is 8.51. The maximum atomic E-state index is 13.5. The van der Waals surface area contributed by atoms with E-state index >= 15 is 0 Å². The van der Waals surface area contributed by atoms with Gasteiger partial charge in [-0.3, -0.25) is 19.0 Å². The van der Waals surface area contributed by atoms with Crippen LogP contribution in [-0.2, 0) is 24.3 Å². The van der Waals surface area contributed by atoms with Crippen molar-refractivity contribution in [2.24, 2.45) is 0 Å². The average molecular weight is 485 g/mol. The zero-order chi connectivity index (χ0) is 25.2. The van der Waals surface area contributed by atoms with E-state index in [0.717, 1.165) is 17.3 Å². The molecule has 0 bridgehead atoms. The SMILES string of the molecule is CCCc1noc(Cn2cnc3c4ccccc4n(CC(=O)Nc4ccc(C(C)=O)cc4)c3c2=O)n1. The van der Waals surface area contributed by atoms with E-state index in [-0.39, 0.29) is 30.3 Å². The second-order valence-electron chi connectivity index (χ2n) is 8.51. The number of Topliss-reactive ketones (excluding diaryl/α,β-unsaturated/α-hetero) is 1. The molecular formula is C26H24N6O4. The molecule has 3 aromatic heterocycles.